The lowest BCUT2D eigenvalue weighted by molar-refractivity contribution is -0.138. The Morgan fingerprint density at radius 3 is 1.65 bits per heavy atom. The number of esters is 1. The fraction of sp³-hybridized carbons (Fsp3) is 0.850. The Labute approximate surface area is 158 Å². The lowest BCUT2D eigenvalue weighted by Gasteiger charge is -2.09. The van der Waals surface area contributed by atoms with Crippen molar-refractivity contribution in [2.45, 2.75) is 107 Å². The molecule has 0 radical (unpaired) electrons. The van der Waals surface area contributed by atoms with Crippen LogP contribution in [0.3, 0.4) is 0 Å². The van der Waals surface area contributed by atoms with Crippen LogP contribution in [-0.2, 0) is 9.53 Å². The van der Waals surface area contributed by atoms with Crippen molar-refractivity contribution >= 4 is 28.6 Å². The summed E-state index contributed by atoms with van der Waals surface area (Å²) in [7, 11) is 0. The van der Waals surface area contributed by atoms with Crippen molar-refractivity contribution < 1.29 is 9.53 Å². The first-order chi connectivity index (χ1) is 11.2. The van der Waals surface area contributed by atoms with Crippen molar-refractivity contribution in [2.75, 3.05) is 0 Å². The zero-order valence-electron chi connectivity index (χ0n) is 15.2. The van der Waals surface area contributed by atoms with Gasteiger partial charge in [-0.3, -0.25) is 0 Å². The van der Waals surface area contributed by atoms with E-state index < -0.39 is 0 Å². The second kappa shape index (κ2) is 18.3. The predicted octanol–water partition coefficient (Wildman–Crippen LogP) is 7.35. The predicted molar refractivity (Wildman–Crippen MR) is 109 cm³/mol. The highest BCUT2D eigenvalue weighted by atomic mass is 127. The van der Waals surface area contributed by atoms with Gasteiger partial charge in [0.15, 0.2) is 4.11 Å². The maximum Gasteiger partial charge on any atom is 0.331 e. The zero-order chi connectivity index (χ0) is 17.2. The molecule has 136 valence electrons. The molecule has 1 atom stereocenters. The number of ether oxygens (including phenoxy) is 1. The van der Waals surface area contributed by atoms with E-state index >= 15 is 0 Å². The van der Waals surface area contributed by atoms with Crippen LogP contribution in [0.2, 0.25) is 0 Å². The van der Waals surface area contributed by atoms with E-state index in [9.17, 15) is 4.79 Å². The highest BCUT2D eigenvalue weighted by molar-refractivity contribution is 14.1. The van der Waals surface area contributed by atoms with E-state index in [2.05, 4.69) is 36.1 Å². The Bertz CT molecular complexity index is 279. The van der Waals surface area contributed by atoms with Crippen LogP contribution in [0.25, 0.3) is 0 Å². The van der Waals surface area contributed by atoms with Gasteiger partial charge in [0.05, 0.1) is 0 Å². The highest BCUT2D eigenvalue weighted by Gasteiger charge is 2.07. The summed E-state index contributed by atoms with van der Waals surface area (Å²) in [6.07, 6.45) is 21.4. The van der Waals surface area contributed by atoms with E-state index in [1.807, 2.05) is 0 Å². The quantitative estimate of drug-likeness (QED) is 0.0783. The molecule has 23 heavy (non-hydrogen) atoms. The molecule has 0 fully saturated rings. The van der Waals surface area contributed by atoms with Gasteiger partial charge in [-0.25, -0.2) is 4.79 Å². The van der Waals surface area contributed by atoms with Crippen LogP contribution in [0.4, 0.5) is 0 Å². The SMILES string of the molecule is C=CC(=O)OC(I)CCCCCCCCCCCCCCCC. The smallest absolute Gasteiger partial charge is 0.331 e. The Morgan fingerprint density at radius 1 is 0.870 bits per heavy atom. The van der Waals surface area contributed by atoms with Crippen LogP contribution in [0.5, 0.6) is 0 Å². The minimum Gasteiger partial charge on any atom is -0.449 e. The molecule has 3 heteroatoms. The Balaban J connectivity index is 3.13. The highest BCUT2D eigenvalue weighted by Crippen LogP contribution is 2.16. The summed E-state index contributed by atoms with van der Waals surface area (Å²) in [6.45, 7) is 5.68. The molecule has 0 aliphatic heterocycles. The first-order valence-corrected chi connectivity index (χ1v) is 10.9. The van der Waals surface area contributed by atoms with Gasteiger partial charge < -0.3 is 4.74 Å². The van der Waals surface area contributed by atoms with Crippen LogP contribution >= 0.6 is 22.6 Å². The molecular formula is C20H37IO2. The van der Waals surface area contributed by atoms with Gasteiger partial charge in [0.25, 0.3) is 0 Å². The summed E-state index contributed by atoms with van der Waals surface area (Å²) >= 11 is 2.19. The largest absolute Gasteiger partial charge is 0.449 e. The molecule has 0 aromatic rings. The summed E-state index contributed by atoms with van der Waals surface area (Å²) in [6, 6.07) is 0. The zero-order valence-corrected chi connectivity index (χ0v) is 17.3. The third-order valence-electron chi connectivity index (χ3n) is 4.20. The van der Waals surface area contributed by atoms with Gasteiger partial charge in [-0.15, -0.1) is 0 Å². The third-order valence-corrected chi connectivity index (χ3v) is 5.07. The van der Waals surface area contributed by atoms with Gasteiger partial charge in [-0.05, 0) is 35.4 Å². The number of alkyl halides is 1. The molecule has 0 aromatic heterocycles. The van der Waals surface area contributed by atoms with Crippen LogP contribution in [0.15, 0.2) is 12.7 Å². The molecule has 0 aliphatic carbocycles. The van der Waals surface area contributed by atoms with E-state index in [0.717, 1.165) is 12.8 Å². The number of carbonyl (C=O) groups excluding carboxylic acids is 1. The molecule has 1 unspecified atom stereocenters. The van der Waals surface area contributed by atoms with Gasteiger partial charge in [0.2, 0.25) is 0 Å². The molecular weight excluding hydrogens is 399 g/mol. The van der Waals surface area contributed by atoms with E-state index in [4.69, 9.17) is 4.74 Å². The molecule has 0 amide bonds. The lowest BCUT2D eigenvalue weighted by Crippen LogP contribution is -2.09. The van der Waals surface area contributed by atoms with Gasteiger partial charge >= 0.3 is 5.97 Å². The van der Waals surface area contributed by atoms with Gasteiger partial charge in [-0.1, -0.05) is 97.0 Å². The van der Waals surface area contributed by atoms with Crippen molar-refractivity contribution in [1.29, 1.82) is 0 Å². The van der Waals surface area contributed by atoms with Crippen LogP contribution < -0.4 is 0 Å². The molecule has 0 saturated carbocycles. The average Bonchev–Trinajstić information content (AvgIpc) is 2.55. The van der Waals surface area contributed by atoms with Crippen LogP contribution in [0, 0.1) is 0 Å². The van der Waals surface area contributed by atoms with Crippen LogP contribution in [-0.4, -0.2) is 10.1 Å². The number of hydrogen-bond donors (Lipinski definition) is 0. The number of carbonyl (C=O) groups is 1. The fourth-order valence-electron chi connectivity index (χ4n) is 2.73. The third kappa shape index (κ3) is 18.1. The molecule has 0 aromatic carbocycles. The number of rotatable bonds is 17. The number of halogens is 1. The molecule has 0 spiro atoms. The molecule has 2 nitrogen and oxygen atoms in total. The molecule has 0 N–H and O–H groups in total. The van der Waals surface area contributed by atoms with E-state index in [1.165, 1.54) is 89.5 Å². The standard InChI is InChI=1S/C20H37IO2/c1-3-5-6-7-8-9-10-11-12-13-14-15-16-17-18-19(21)23-20(22)4-2/h4,19H,2-3,5-18H2,1H3. The van der Waals surface area contributed by atoms with Crippen molar-refractivity contribution in [1.82, 2.24) is 0 Å². The average molecular weight is 436 g/mol. The summed E-state index contributed by atoms with van der Waals surface area (Å²) in [4.78, 5) is 11.0. The first kappa shape index (κ1) is 22.9. The first-order valence-electron chi connectivity index (χ1n) is 9.67. The van der Waals surface area contributed by atoms with Crippen molar-refractivity contribution in [3.63, 3.8) is 0 Å². The van der Waals surface area contributed by atoms with Crippen molar-refractivity contribution in [3.05, 3.63) is 12.7 Å². The van der Waals surface area contributed by atoms with Crippen LogP contribution in [0.1, 0.15) is 103 Å². The van der Waals surface area contributed by atoms with Crippen molar-refractivity contribution in [2.24, 2.45) is 0 Å². The van der Waals surface area contributed by atoms with E-state index in [-0.39, 0.29) is 10.1 Å². The fourth-order valence-corrected chi connectivity index (χ4v) is 3.42. The minimum absolute atomic E-state index is 0.00423. The van der Waals surface area contributed by atoms with E-state index in [1.54, 1.807) is 0 Å². The Hall–Kier alpha value is -0.0600. The van der Waals surface area contributed by atoms with E-state index in [0.29, 0.717) is 0 Å². The molecule has 0 rings (SSSR count). The molecule has 0 aliphatic rings. The maximum atomic E-state index is 11.0. The van der Waals surface area contributed by atoms with Gasteiger partial charge in [0, 0.05) is 6.08 Å². The summed E-state index contributed by atoms with van der Waals surface area (Å²) in [5.74, 6) is -0.310. The molecule has 0 bridgehead atoms. The summed E-state index contributed by atoms with van der Waals surface area (Å²) in [5, 5.41) is 0. The van der Waals surface area contributed by atoms with Gasteiger partial charge in [0.1, 0.15) is 0 Å². The summed E-state index contributed by atoms with van der Waals surface area (Å²) in [5.41, 5.74) is 0. The second-order valence-corrected chi connectivity index (χ2v) is 7.83. The molecule has 0 heterocycles. The second-order valence-electron chi connectivity index (χ2n) is 6.44. The summed E-state index contributed by atoms with van der Waals surface area (Å²) < 4.78 is 5.14. The van der Waals surface area contributed by atoms with Gasteiger partial charge in [-0.2, -0.15) is 0 Å². The Morgan fingerprint density at radius 2 is 1.26 bits per heavy atom. The van der Waals surface area contributed by atoms with Crippen molar-refractivity contribution in [3.8, 4) is 0 Å². The lowest BCUT2D eigenvalue weighted by atomic mass is 10.0. The Kier molecular flexibility index (Phi) is 18.2. The number of unbranched alkanes of at least 4 members (excludes halogenated alkanes) is 13. The topological polar surface area (TPSA) is 26.3 Å². The normalized spacial score (nSPS) is 12.1. The monoisotopic (exact) mass is 436 g/mol. The molecule has 0 saturated heterocycles. The minimum atomic E-state index is -0.310. The maximum absolute atomic E-state index is 11.0. The number of hydrogen-bond acceptors (Lipinski definition) is 2.